The number of hydrogen-bond donors (Lipinski definition) is 1. The van der Waals surface area contributed by atoms with Gasteiger partial charge >= 0.3 is 7.12 Å². The van der Waals surface area contributed by atoms with Crippen LogP contribution in [-0.4, -0.2) is 48.2 Å². The number of amides is 2. The van der Waals surface area contributed by atoms with E-state index in [0.717, 1.165) is 59.3 Å². The summed E-state index contributed by atoms with van der Waals surface area (Å²) in [5, 5.41) is 3.05. The summed E-state index contributed by atoms with van der Waals surface area (Å²) in [5.41, 5.74) is 3.57. The fraction of sp³-hybridized carbons (Fsp3) is 0.517. The highest BCUT2D eigenvalue weighted by molar-refractivity contribution is 6.62. The molecule has 1 N–H and O–H groups in total. The summed E-state index contributed by atoms with van der Waals surface area (Å²) < 4.78 is 18.0. The van der Waals surface area contributed by atoms with E-state index in [0.29, 0.717) is 6.54 Å². The van der Waals surface area contributed by atoms with Crippen molar-refractivity contribution in [1.82, 2.24) is 4.90 Å². The first-order valence-corrected chi connectivity index (χ1v) is 13.2. The summed E-state index contributed by atoms with van der Waals surface area (Å²) in [5.74, 6) is 0.786. The lowest BCUT2D eigenvalue weighted by Gasteiger charge is -2.34. The van der Waals surface area contributed by atoms with Gasteiger partial charge in [-0.2, -0.15) is 0 Å². The second-order valence-electron chi connectivity index (χ2n) is 11.6. The average molecular weight is 504 g/mol. The standard InChI is InChI=1S/C29H37BN2O5/c1-18-10-13-20(16-25(18)35-6)31-26(33)19-11-14-21(15-12-19)32-17-23-22(27(32)34)8-7-9-24(23)30-36-28(2,3)29(4,5)37-30/h7-10,13,16,19,21H,11-12,14-15,17H2,1-6H3,(H,31,33). The van der Waals surface area contributed by atoms with Crippen LogP contribution in [-0.2, 0) is 20.6 Å². The second kappa shape index (κ2) is 9.48. The fourth-order valence-corrected chi connectivity index (χ4v) is 5.66. The number of hydrogen-bond acceptors (Lipinski definition) is 5. The number of nitrogens with zero attached hydrogens (tertiary/aromatic N) is 1. The van der Waals surface area contributed by atoms with Crippen molar-refractivity contribution in [3.05, 3.63) is 53.1 Å². The lowest BCUT2D eigenvalue weighted by Crippen LogP contribution is -2.41. The van der Waals surface area contributed by atoms with E-state index < -0.39 is 18.3 Å². The number of nitrogens with one attached hydrogen (secondary N) is 1. The maximum atomic E-state index is 13.4. The van der Waals surface area contributed by atoms with Crippen LogP contribution >= 0.6 is 0 Å². The molecule has 1 saturated carbocycles. The van der Waals surface area contributed by atoms with Crippen LogP contribution in [0.1, 0.15) is 74.9 Å². The summed E-state index contributed by atoms with van der Waals surface area (Å²) in [6, 6.07) is 11.7. The molecule has 2 aromatic carbocycles. The van der Waals surface area contributed by atoms with Gasteiger partial charge in [-0.05, 0) is 89.0 Å². The molecule has 0 unspecified atom stereocenters. The highest BCUT2D eigenvalue weighted by atomic mass is 16.7. The zero-order valence-corrected chi connectivity index (χ0v) is 22.7. The molecule has 0 bridgehead atoms. The van der Waals surface area contributed by atoms with Crippen molar-refractivity contribution < 1.29 is 23.6 Å². The maximum Gasteiger partial charge on any atom is 0.495 e. The molecule has 2 aromatic rings. The molecule has 2 fully saturated rings. The normalized spacial score (nSPS) is 24.2. The molecule has 1 aliphatic carbocycles. The molecule has 37 heavy (non-hydrogen) atoms. The lowest BCUT2D eigenvalue weighted by atomic mass is 9.75. The number of aryl methyl sites for hydroxylation is 1. The minimum atomic E-state index is -0.493. The number of ether oxygens (including phenoxy) is 1. The molecule has 196 valence electrons. The van der Waals surface area contributed by atoms with Crippen LogP contribution < -0.4 is 15.5 Å². The van der Waals surface area contributed by atoms with Gasteiger partial charge in [-0.1, -0.05) is 18.2 Å². The minimum Gasteiger partial charge on any atom is -0.496 e. The Morgan fingerprint density at radius 3 is 2.38 bits per heavy atom. The third-order valence-corrected chi connectivity index (χ3v) is 8.72. The van der Waals surface area contributed by atoms with E-state index >= 15 is 0 Å². The Bertz CT molecular complexity index is 1200. The van der Waals surface area contributed by atoms with Crippen LogP contribution in [0.3, 0.4) is 0 Å². The quantitative estimate of drug-likeness (QED) is 0.609. The largest absolute Gasteiger partial charge is 0.496 e. The molecule has 0 atom stereocenters. The lowest BCUT2D eigenvalue weighted by molar-refractivity contribution is -0.121. The van der Waals surface area contributed by atoms with E-state index in [1.165, 1.54) is 0 Å². The first-order valence-electron chi connectivity index (χ1n) is 13.2. The molecule has 0 aromatic heterocycles. The Morgan fingerprint density at radius 2 is 1.73 bits per heavy atom. The summed E-state index contributed by atoms with van der Waals surface area (Å²) in [4.78, 5) is 28.4. The van der Waals surface area contributed by atoms with E-state index in [1.54, 1.807) is 7.11 Å². The SMILES string of the molecule is COc1cc(NC(=O)C2CCC(N3Cc4c(B5OC(C)(C)C(C)(C)O5)cccc4C3=O)CC2)ccc1C. The molecular weight excluding hydrogens is 467 g/mol. The topological polar surface area (TPSA) is 77.1 Å². The van der Waals surface area contributed by atoms with Gasteiger partial charge in [0.1, 0.15) is 5.75 Å². The van der Waals surface area contributed by atoms with Crippen LogP contribution in [0.4, 0.5) is 5.69 Å². The van der Waals surface area contributed by atoms with E-state index in [2.05, 4.69) is 5.32 Å². The molecule has 5 rings (SSSR count). The van der Waals surface area contributed by atoms with Gasteiger partial charge in [0.15, 0.2) is 0 Å². The Hall–Kier alpha value is -2.84. The van der Waals surface area contributed by atoms with Crippen LogP contribution in [0.25, 0.3) is 0 Å². The van der Waals surface area contributed by atoms with Crippen molar-refractivity contribution in [2.24, 2.45) is 5.92 Å². The van der Waals surface area contributed by atoms with Gasteiger partial charge in [0.2, 0.25) is 5.91 Å². The highest BCUT2D eigenvalue weighted by Crippen LogP contribution is 2.38. The molecular formula is C29H37BN2O5. The van der Waals surface area contributed by atoms with E-state index in [4.69, 9.17) is 14.0 Å². The zero-order valence-electron chi connectivity index (χ0n) is 22.7. The van der Waals surface area contributed by atoms with Crippen molar-refractivity contribution >= 4 is 30.1 Å². The summed E-state index contributed by atoms with van der Waals surface area (Å²) in [6.07, 6.45) is 3.12. The molecule has 0 spiro atoms. The van der Waals surface area contributed by atoms with Crippen molar-refractivity contribution in [2.45, 2.75) is 84.1 Å². The molecule has 2 aliphatic heterocycles. The van der Waals surface area contributed by atoms with Crippen molar-refractivity contribution in [3.63, 3.8) is 0 Å². The molecule has 2 heterocycles. The van der Waals surface area contributed by atoms with Gasteiger partial charge in [0.25, 0.3) is 5.91 Å². The Balaban J connectivity index is 1.23. The van der Waals surface area contributed by atoms with Gasteiger partial charge < -0.3 is 24.3 Å². The zero-order chi connectivity index (χ0) is 26.5. The Morgan fingerprint density at radius 1 is 1.05 bits per heavy atom. The average Bonchev–Trinajstić information content (AvgIpc) is 3.31. The number of anilines is 1. The third-order valence-electron chi connectivity index (χ3n) is 8.72. The van der Waals surface area contributed by atoms with Gasteiger partial charge in [-0.3, -0.25) is 9.59 Å². The van der Waals surface area contributed by atoms with Gasteiger partial charge in [0.05, 0.1) is 18.3 Å². The Kier molecular flexibility index (Phi) is 6.61. The molecule has 1 saturated heterocycles. The van der Waals surface area contributed by atoms with Gasteiger partial charge in [-0.25, -0.2) is 0 Å². The first-order chi connectivity index (χ1) is 17.5. The van der Waals surface area contributed by atoms with Crippen LogP contribution in [0.2, 0.25) is 0 Å². The minimum absolute atomic E-state index is 0.0310. The number of carbonyl (C=O) groups is 2. The Labute approximate surface area is 220 Å². The predicted molar refractivity (Wildman–Crippen MR) is 144 cm³/mol. The molecule has 3 aliphatic rings. The highest BCUT2D eigenvalue weighted by Gasteiger charge is 2.53. The molecule has 2 amide bonds. The maximum absolute atomic E-state index is 13.4. The first kappa shape index (κ1) is 25.8. The van der Waals surface area contributed by atoms with E-state index in [-0.39, 0.29) is 23.8 Å². The number of methoxy groups -OCH3 is 1. The summed E-state index contributed by atoms with van der Waals surface area (Å²) in [7, 11) is 1.14. The second-order valence-corrected chi connectivity index (χ2v) is 11.6. The van der Waals surface area contributed by atoms with E-state index in [9.17, 15) is 9.59 Å². The molecule has 0 radical (unpaired) electrons. The summed E-state index contributed by atoms with van der Waals surface area (Å²) in [6.45, 7) is 10.7. The fourth-order valence-electron chi connectivity index (χ4n) is 5.66. The number of benzene rings is 2. The summed E-state index contributed by atoms with van der Waals surface area (Å²) >= 11 is 0. The number of fused-ring (bicyclic) bond motifs is 1. The predicted octanol–water partition coefficient (Wildman–Crippen LogP) is 4.46. The van der Waals surface area contributed by atoms with Gasteiger partial charge in [-0.15, -0.1) is 0 Å². The van der Waals surface area contributed by atoms with Crippen LogP contribution in [0.5, 0.6) is 5.75 Å². The number of rotatable bonds is 5. The third kappa shape index (κ3) is 4.66. The van der Waals surface area contributed by atoms with Crippen molar-refractivity contribution in [3.8, 4) is 5.75 Å². The van der Waals surface area contributed by atoms with Crippen LogP contribution in [0.15, 0.2) is 36.4 Å². The number of carbonyl (C=O) groups excluding carboxylic acids is 2. The molecule has 8 heteroatoms. The van der Waals surface area contributed by atoms with Crippen LogP contribution in [0, 0.1) is 12.8 Å². The van der Waals surface area contributed by atoms with E-state index in [1.807, 2.05) is 75.9 Å². The molecule has 7 nitrogen and oxygen atoms in total. The van der Waals surface area contributed by atoms with Crippen molar-refractivity contribution in [2.75, 3.05) is 12.4 Å². The van der Waals surface area contributed by atoms with Gasteiger partial charge in [0, 0.05) is 35.8 Å². The van der Waals surface area contributed by atoms with Crippen molar-refractivity contribution in [1.29, 1.82) is 0 Å². The smallest absolute Gasteiger partial charge is 0.495 e. The monoisotopic (exact) mass is 504 g/mol.